The average Bonchev–Trinajstić information content (AvgIpc) is 2.43. The second kappa shape index (κ2) is 8.81. The lowest BCUT2D eigenvalue weighted by atomic mass is 9.88. The fourth-order valence-electron chi connectivity index (χ4n) is 2.37. The topological polar surface area (TPSA) is 55.6 Å². The maximum Gasteiger partial charge on any atom is 0.325 e. The van der Waals surface area contributed by atoms with E-state index in [-0.39, 0.29) is 30.8 Å². The number of nitrogens with two attached hydrogens (primary N) is 1. The summed E-state index contributed by atoms with van der Waals surface area (Å²) in [7, 11) is 1.39. The van der Waals surface area contributed by atoms with Crippen LogP contribution >= 0.6 is 36.4 Å². The van der Waals surface area contributed by atoms with Crippen LogP contribution in [0, 0.1) is 0 Å². The van der Waals surface area contributed by atoms with E-state index >= 15 is 0 Å². The molecule has 0 amide bonds. The summed E-state index contributed by atoms with van der Waals surface area (Å²) >= 11 is 5.86. The van der Waals surface area contributed by atoms with Gasteiger partial charge >= 0.3 is 5.97 Å². The minimum absolute atomic E-state index is 0. The number of halogens is 3. The third-order valence-electron chi connectivity index (χ3n) is 3.66. The highest BCUT2D eigenvalue weighted by Gasteiger charge is 2.38. The molecule has 1 saturated heterocycles. The summed E-state index contributed by atoms with van der Waals surface area (Å²) in [4.78, 5) is 13.9. The average molecular weight is 356 g/mol. The number of esters is 1. The molecule has 2 N–H and O–H groups in total. The highest BCUT2D eigenvalue weighted by Crippen LogP contribution is 2.22. The van der Waals surface area contributed by atoms with Crippen LogP contribution in [0.3, 0.4) is 0 Å². The summed E-state index contributed by atoms with van der Waals surface area (Å²) in [6.45, 7) is 2.46. The SMILES string of the molecule is COC(=O)C1(N)CCN(Cc2ccc(Cl)cc2)CC1.Cl.Cl. The molecule has 0 radical (unpaired) electrons. The van der Waals surface area contributed by atoms with Crippen LogP contribution < -0.4 is 5.73 Å². The number of hydrogen-bond donors (Lipinski definition) is 1. The molecule has 4 nitrogen and oxygen atoms in total. The van der Waals surface area contributed by atoms with Crippen molar-refractivity contribution in [2.45, 2.75) is 24.9 Å². The lowest BCUT2D eigenvalue weighted by Gasteiger charge is -2.37. The highest BCUT2D eigenvalue weighted by atomic mass is 35.5. The summed E-state index contributed by atoms with van der Waals surface area (Å²) in [6.07, 6.45) is 1.26. The van der Waals surface area contributed by atoms with Crippen molar-refractivity contribution in [2.24, 2.45) is 5.73 Å². The first-order chi connectivity index (χ1) is 9.03. The van der Waals surface area contributed by atoms with E-state index in [4.69, 9.17) is 22.1 Å². The van der Waals surface area contributed by atoms with Gasteiger partial charge in [-0.25, -0.2) is 0 Å². The Kier molecular flexibility index (Phi) is 8.59. The maximum absolute atomic E-state index is 11.6. The van der Waals surface area contributed by atoms with E-state index in [1.807, 2.05) is 24.3 Å². The quantitative estimate of drug-likeness (QED) is 0.847. The van der Waals surface area contributed by atoms with Crippen molar-refractivity contribution in [3.63, 3.8) is 0 Å². The van der Waals surface area contributed by atoms with E-state index < -0.39 is 5.54 Å². The second-order valence-electron chi connectivity index (χ2n) is 5.05. The number of carbonyl (C=O) groups is 1. The molecule has 1 aliphatic heterocycles. The van der Waals surface area contributed by atoms with Gasteiger partial charge in [0.15, 0.2) is 0 Å². The number of nitrogens with zero attached hydrogens (tertiary/aromatic N) is 1. The van der Waals surface area contributed by atoms with Gasteiger partial charge in [-0.05, 0) is 30.5 Å². The fraction of sp³-hybridized carbons (Fsp3) is 0.500. The van der Waals surface area contributed by atoms with Gasteiger partial charge in [0, 0.05) is 24.7 Å². The Bertz CT molecular complexity index is 446. The standard InChI is InChI=1S/C14H19ClN2O2.2ClH/c1-19-13(18)14(16)6-8-17(9-7-14)10-11-2-4-12(15)5-3-11;;/h2-5H,6-10,16H2,1H3;2*1H. The van der Waals surface area contributed by atoms with Crippen molar-refractivity contribution in [3.05, 3.63) is 34.9 Å². The van der Waals surface area contributed by atoms with E-state index in [1.165, 1.54) is 12.7 Å². The molecule has 0 bridgehead atoms. The molecular formula is C14H21Cl3N2O2. The lowest BCUT2D eigenvalue weighted by Crippen LogP contribution is -2.55. The Morgan fingerprint density at radius 2 is 1.81 bits per heavy atom. The van der Waals surface area contributed by atoms with Gasteiger partial charge < -0.3 is 10.5 Å². The van der Waals surface area contributed by atoms with Gasteiger partial charge in [0.05, 0.1) is 7.11 Å². The summed E-state index contributed by atoms with van der Waals surface area (Å²) in [5, 5.41) is 0.745. The summed E-state index contributed by atoms with van der Waals surface area (Å²) in [5.41, 5.74) is 6.47. The summed E-state index contributed by atoms with van der Waals surface area (Å²) in [6, 6.07) is 7.82. The third-order valence-corrected chi connectivity index (χ3v) is 3.91. The minimum atomic E-state index is -0.814. The van der Waals surface area contributed by atoms with Crippen LogP contribution in [0.1, 0.15) is 18.4 Å². The largest absolute Gasteiger partial charge is 0.468 e. The predicted molar refractivity (Wildman–Crippen MR) is 89.4 cm³/mol. The predicted octanol–water partition coefficient (Wildman–Crippen LogP) is 2.65. The molecule has 0 unspecified atom stereocenters. The zero-order chi connectivity index (χ0) is 13.9. The summed E-state index contributed by atoms with van der Waals surface area (Å²) < 4.78 is 4.76. The molecule has 0 saturated carbocycles. The van der Waals surface area contributed by atoms with E-state index in [0.29, 0.717) is 12.8 Å². The van der Waals surface area contributed by atoms with Crippen LogP contribution in [-0.4, -0.2) is 36.6 Å². The van der Waals surface area contributed by atoms with Crippen LogP contribution in [0.4, 0.5) is 0 Å². The van der Waals surface area contributed by atoms with Crippen LogP contribution in [0.2, 0.25) is 5.02 Å². The molecule has 1 aliphatic rings. The Hall–Kier alpha value is -0.520. The number of benzene rings is 1. The first kappa shape index (κ1) is 20.5. The van der Waals surface area contributed by atoms with Gasteiger partial charge in [-0.15, -0.1) is 24.8 Å². The zero-order valence-electron chi connectivity index (χ0n) is 11.9. The van der Waals surface area contributed by atoms with Gasteiger partial charge in [0.1, 0.15) is 5.54 Å². The second-order valence-corrected chi connectivity index (χ2v) is 5.49. The van der Waals surface area contributed by atoms with Gasteiger partial charge in [-0.2, -0.15) is 0 Å². The Morgan fingerprint density at radius 1 is 1.29 bits per heavy atom. The first-order valence-electron chi connectivity index (χ1n) is 6.37. The van der Waals surface area contributed by atoms with E-state index in [1.54, 1.807) is 0 Å². The van der Waals surface area contributed by atoms with E-state index in [2.05, 4.69) is 4.90 Å². The number of hydrogen-bond acceptors (Lipinski definition) is 4. The van der Waals surface area contributed by atoms with Crippen molar-refractivity contribution in [1.29, 1.82) is 0 Å². The molecule has 2 rings (SSSR count). The highest BCUT2D eigenvalue weighted by molar-refractivity contribution is 6.30. The van der Waals surface area contributed by atoms with Crippen molar-refractivity contribution < 1.29 is 9.53 Å². The number of methoxy groups -OCH3 is 1. The van der Waals surface area contributed by atoms with Crippen LogP contribution in [-0.2, 0) is 16.1 Å². The van der Waals surface area contributed by atoms with E-state index in [0.717, 1.165) is 24.7 Å². The summed E-state index contributed by atoms with van der Waals surface area (Å²) in [5.74, 6) is -0.307. The molecule has 0 spiro atoms. The van der Waals surface area contributed by atoms with Gasteiger partial charge in [-0.1, -0.05) is 23.7 Å². The number of piperidine rings is 1. The van der Waals surface area contributed by atoms with Crippen LogP contribution in [0.5, 0.6) is 0 Å². The normalized spacial score (nSPS) is 17.3. The van der Waals surface area contributed by atoms with Gasteiger partial charge in [-0.3, -0.25) is 9.69 Å². The molecule has 0 aromatic heterocycles. The Labute approximate surface area is 142 Å². The molecule has 1 fully saturated rings. The van der Waals surface area contributed by atoms with Gasteiger partial charge in [0.2, 0.25) is 0 Å². The fourth-order valence-corrected chi connectivity index (χ4v) is 2.49. The monoisotopic (exact) mass is 354 g/mol. The van der Waals surface area contributed by atoms with Crippen LogP contribution in [0.15, 0.2) is 24.3 Å². The molecule has 1 aromatic rings. The van der Waals surface area contributed by atoms with Crippen molar-refractivity contribution in [1.82, 2.24) is 4.90 Å². The minimum Gasteiger partial charge on any atom is -0.468 e. The molecule has 1 heterocycles. The zero-order valence-corrected chi connectivity index (χ0v) is 14.3. The molecule has 120 valence electrons. The molecule has 21 heavy (non-hydrogen) atoms. The third kappa shape index (κ3) is 5.31. The first-order valence-corrected chi connectivity index (χ1v) is 6.75. The van der Waals surface area contributed by atoms with Crippen molar-refractivity contribution in [2.75, 3.05) is 20.2 Å². The molecule has 0 atom stereocenters. The number of ether oxygens (including phenoxy) is 1. The van der Waals surface area contributed by atoms with Crippen molar-refractivity contribution in [3.8, 4) is 0 Å². The molecule has 7 heteroatoms. The van der Waals surface area contributed by atoms with Crippen molar-refractivity contribution >= 4 is 42.4 Å². The molecule has 0 aliphatic carbocycles. The Balaban J connectivity index is 0.00000200. The molecular weight excluding hydrogens is 335 g/mol. The number of rotatable bonds is 3. The Morgan fingerprint density at radius 3 is 2.29 bits per heavy atom. The molecule has 1 aromatic carbocycles. The smallest absolute Gasteiger partial charge is 0.325 e. The lowest BCUT2D eigenvalue weighted by molar-refractivity contribution is -0.149. The van der Waals surface area contributed by atoms with E-state index in [9.17, 15) is 4.79 Å². The van der Waals surface area contributed by atoms with Crippen LogP contribution in [0.25, 0.3) is 0 Å². The maximum atomic E-state index is 11.6. The number of likely N-dealkylation sites (tertiary alicyclic amines) is 1. The van der Waals surface area contributed by atoms with Gasteiger partial charge in [0.25, 0.3) is 0 Å². The number of carbonyl (C=O) groups excluding carboxylic acids is 1.